The molecule has 0 radical (unpaired) electrons. The van der Waals surface area contributed by atoms with Gasteiger partial charge >= 0.3 is 0 Å². The molecule has 1 saturated heterocycles. The van der Waals surface area contributed by atoms with Gasteiger partial charge in [-0.1, -0.05) is 18.2 Å². The van der Waals surface area contributed by atoms with Gasteiger partial charge < -0.3 is 15.5 Å². The number of nitrogens with zero attached hydrogens (tertiary/aromatic N) is 2. The first-order valence-corrected chi connectivity index (χ1v) is 5.89. The van der Waals surface area contributed by atoms with Crippen molar-refractivity contribution in [2.45, 2.75) is 13.0 Å². The number of piperazine rings is 1. The van der Waals surface area contributed by atoms with Crippen LogP contribution in [0.15, 0.2) is 24.3 Å². The third kappa shape index (κ3) is 2.22. The standard InChI is InChI=1S/C13H17N3O2/c1-9(14)10-5-3-4-6-11(10)16-8-12(17)15(2)7-13(16)18/h3-6,9H,7-8,14H2,1-2H3. The molecule has 1 atom stereocenters. The Labute approximate surface area is 106 Å². The highest BCUT2D eigenvalue weighted by Crippen LogP contribution is 2.26. The van der Waals surface area contributed by atoms with Crippen LogP contribution in [0.3, 0.4) is 0 Å². The summed E-state index contributed by atoms with van der Waals surface area (Å²) >= 11 is 0. The maximum Gasteiger partial charge on any atom is 0.247 e. The van der Waals surface area contributed by atoms with E-state index in [0.29, 0.717) is 0 Å². The topological polar surface area (TPSA) is 66.6 Å². The molecule has 1 aromatic rings. The van der Waals surface area contributed by atoms with E-state index in [4.69, 9.17) is 5.73 Å². The van der Waals surface area contributed by atoms with Gasteiger partial charge in [-0.3, -0.25) is 9.59 Å². The summed E-state index contributed by atoms with van der Waals surface area (Å²) in [5.41, 5.74) is 7.51. The Morgan fingerprint density at radius 1 is 1.17 bits per heavy atom. The first-order chi connectivity index (χ1) is 8.50. The molecule has 0 aliphatic carbocycles. The molecule has 0 saturated carbocycles. The zero-order valence-corrected chi connectivity index (χ0v) is 10.6. The summed E-state index contributed by atoms with van der Waals surface area (Å²) in [6.45, 7) is 2.06. The van der Waals surface area contributed by atoms with Crippen LogP contribution in [-0.4, -0.2) is 36.9 Å². The third-order valence-electron chi connectivity index (χ3n) is 3.11. The van der Waals surface area contributed by atoms with Crippen LogP contribution < -0.4 is 10.6 Å². The quantitative estimate of drug-likeness (QED) is 0.828. The van der Waals surface area contributed by atoms with Crippen molar-refractivity contribution >= 4 is 17.5 Å². The Kier molecular flexibility index (Phi) is 3.34. The SMILES string of the molecule is CC(N)c1ccccc1N1CC(=O)N(C)CC1=O. The van der Waals surface area contributed by atoms with E-state index in [1.165, 1.54) is 9.80 Å². The van der Waals surface area contributed by atoms with Crippen molar-refractivity contribution in [3.63, 3.8) is 0 Å². The fourth-order valence-electron chi connectivity index (χ4n) is 2.06. The van der Waals surface area contributed by atoms with Crippen LogP contribution in [0.25, 0.3) is 0 Å². The molecule has 2 N–H and O–H groups in total. The monoisotopic (exact) mass is 247 g/mol. The van der Waals surface area contributed by atoms with Crippen LogP contribution in [0.2, 0.25) is 0 Å². The Hall–Kier alpha value is -1.88. The number of benzene rings is 1. The predicted molar refractivity (Wildman–Crippen MR) is 69.0 cm³/mol. The zero-order valence-electron chi connectivity index (χ0n) is 10.6. The second kappa shape index (κ2) is 4.78. The lowest BCUT2D eigenvalue weighted by molar-refractivity contribution is -0.136. The molecule has 5 heteroatoms. The maximum absolute atomic E-state index is 12.0. The molecule has 1 unspecified atom stereocenters. The van der Waals surface area contributed by atoms with Gasteiger partial charge in [-0.05, 0) is 18.6 Å². The number of hydrogen-bond donors (Lipinski definition) is 1. The Balaban J connectivity index is 2.37. The minimum Gasteiger partial charge on any atom is -0.335 e. The van der Waals surface area contributed by atoms with Crippen LogP contribution in [0.1, 0.15) is 18.5 Å². The van der Waals surface area contributed by atoms with Gasteiger partial charge in [0.2, 0.25) is 11.8 Å². The van der Waals surface area contributed by atoms with E-state index in [1.54, 1.807) is 7.05 Å². The molecule has 1 fully saturated rings. The molecular formula is C13H17N3O2. The highest BCUT2D eigenvalue weighted by molar-refractivity contribution is 6.04. The largest absolute Gasteiger partial charge is 0.335 e. The molecule has 1 heterocycles. The minimum absolute atomic E-state index is 0.0610. The van der Waals surface area contributed by atoms with Crippen molar-refractivity contribution in [3.8, 4) is 0 Å². The van der Waals surface area contributed by atoms with Gasteiger partial charge in [0.25, 0.3) is 0 Å². The van der Waals surface area contributed by atoms with Gasteiger partial charge in [0.05, 0.1) is 6.54 Å². The first-order valence-electron chi connectivity index (χ1n) is 5.89. The van der Waals surface area contributed by atoms with Gasteiger partial charge in [-0.25, -0.2) is 0 Å². The van der Waals surface area contributed by atoms with E-state index in [9.17, 15) is 9.59 Å². The van der Waals surface area contributed by atoms with E-state index in [0.717, 1.165) is 11.3 Å². The van der Waals surface area contributed by atoms with Gasteiger partial charge in [0, 0.05) is 18.8 Å². The molecule has 0 bridgehead atoms. The smallest absolute Gasteiger partial charge is 0.247 e. The lowest BCUT2D eigenvalue weighted by Crippen LogP contribution is -2.52. The van der Waals surface area contributed by atoms with Gasteiger partial charge in [0.1, 0.15) is 6.54 Å². The van der Waals surface area contributed by atoms with Crippen LogP contribution >= 0.6 is 0 Å². The number of carbonyl (C=O) groups is 2. The van der Waals surface area contributed by atoms with Crippen LogP contribution in [-0.2, 0) is 9.59 Å². The summed E-state index contributed by atoms with van der Waals surface area (Å²) in [6.07, 6.45) is 0. The molecule has 1 aliphatic rings. The number of hydrogen-bond acceptors (Lipinski definition) is 3. The molecule has 0 spiro atoms. The zero-order chi connectivity index (χ0) is 13.3. The number of amides is 2. The molecule has 96 valence electrons. The van der Waals surface area contributed by atoms with Crippen molar-refractivity contribution in [2.75, 3.05) is 25.0 Å². The van der Waals surface area contributed by atoms with Crippen LogP contribution in [0, 0.1) is 0 Å². The normalized spacial score (nSPS) is 18.2. The summed E-state index contributed by atoms with van der Waals surface area (Å²) in [5.74, 6) is -0.140. The molecule has 1 aromatic carbocycles. The van der Waals surface area contributed by atoms with Crippen molar-refractivity contribution in [1.29, 1.82) is 0 Å². The van der Waals surface area contributed by atoms with E-state index in [1.807, 2.05) is 31.2 Å². The second-order valence-electron chi connectivity index (χ2n) is 4.58. The van der Waals surface area contributed by atoms with Crippen molar-refractivity contribution in [1.82, 2.24) is 4.90 Å². The second-order valence-corrected chi connectivity index (χ2v) is 4.58. The third-order valence-corrected chi connectivity index (χ3v) is 3.11. The Bertz CT molecular complexity index is 485. The molecular weight excluding hydrogens is 230 g/mol. The minimum atomic E-state index is -0.177. The fraction of sp³-hybridized carbons (Fsp3) is 0.385. The Morgan fingerprint density at radius 2 is 1.83 bits per heavy atom. The van der Waals surface area contributed by atoms with Gasteiger partial charge in [-0.2, -0.15) is 0 Å². The van der Waals surface area contributed by atoms with Crippen LogP contribution in [0.4, 0.5) is 5.69 Å². The molecule has 2 amide bonds. The molecule has 5 nitrogen and oxygen atoms in total. The lowest BCUT2D eigenvalue weighted by atomic mass is 10.1. The number of para-hydroxylation sites is 1. The van der Waals surface area contributed by atoms with E-state index in [2.05, 4.69) is 0 Å². The number of carbonyl (C=O) groups excluding carboxylic acids is 2. The number of likely N-dealkylation sites (N-methyl/N-ethyl adjacent to an activating group) is 1. The number of nitrogens with two attached hydrogens (primary N) is 1. The molecule has 0 aromatic heterocycles. The molecule has 18 heavy (non-hydrogen) atoms. The summed E-state index contributed by atoms with van der Waals surface area (Å²) < 4.78 is 0. The summed E-state index contributed by atoms with van der Waals surface area (Å²) in [5, 5.41) is 0. The maximum atomic E-state index is 12.0. The van der Waals surface area contributed by atoms with Crippen LogP contribution in [0.5, 0.6) is 0 Å². The van der Waals surface area contributed by atoms with E-state index < -0.39 is 0 Å². The highest BCUT2D eigenvalue weighted by atomic mass is 16.2. The fourth-order valence-corrected chi connectivity index (χ4v) is 2.06. The summed E-state index contributed by atoms with van der Waals surface area (Å²) in [7, 11) is 1.63. The van der Waals surface area contributed by atoms with Gasteiger partial charge in [0.15, 0.2) is 0 Å². The van der Waals surface area contributed by atoms with E-state index in [-0.39, 0.29) is 30.9 Å². The molecule has 1 aliphatic heterocycles. The summed E-state index contributed by atoms with van der Waals surface area (Å²) in [4.78, 5) is 26.7. The van der Waals surface area contributed by atoms with E-state index >= 15 is 0 Å². The lowest BCUT2D eigenvalue weighted by Gasteiger charge is -2.33. The van der Waals surface area contributed by atoms with Gasteiger partial charge in [-0.15, -0.1) is 0 Å². The average molecular weight is 247 g/mol. The van der Waals surface area contributed by atoms with Crippen molar-refractivity contribution < 1.29 is 9.59 Å². The summed E-state index contributed by atoms with van der Waals surface area (Å²) in [6, 6.07) is 7.26. The molecule has 2 rings (SSSR count). The highest BCUT2D eigenvalue weighted by Gasteiger charge is 2.29. The number of rotatable bonds is 2. The average Bonchev–Trinajstić information content (AvgIpc) is 2.34. The van der Waals surface area contributed by atoms with Crippen molar-refractivity contribution in [2.24, 2.45) is 5.73 Å². The van der Waals surface area contributed by atoms with Crippen molar-refractivity contribution in [3.05, 3.63) is 29.8 Å². The first kappa shape index (κ1) is 12.6. The predicted octanol–water partition coefficient (Wildman–Crippen LogP) is 0.511. The number of anilines is 1. The Morgan fingerprint density at radius 3 is 2.50 bits per heavy atom.